The summed E-state index contributed by atoms with van der Waals surface area (Å²) in [6, 6.07) is -2.93. The normalized spacial score (nSPS) is 11.1. The van der Waals surface area contributed by atoms with E-state index in [4.69, 9.17) is 16.6 Å². The molecule has 0 heterocycles. The average molecular weight is 261 g/mol. The number of aliphatic carboxylic acids is 1. The van der Waals surface area contributed by atoms with Crippen LogP contribution in [0.15, 0.2) is 0 Å². The standard InChI is InChI=1S/C8H15N5O5/c9-5(14)3-4(6(15)16)13-8(18)12-2-1-11-7(10)17/h4H,1-3H2,(H2,9,14)(H,15,16)(H3,10,11,17)(H2,12,13,18). The maximum atomic E-state index is 11.2. The van der Waals surface area contributed by atoms with Crippen LogP contribution < -0.4 is 27.4 Å². The van der Waals surface area contributed by atoms with Crippen molar-refractivity contribution in [3.8, 4) is 0 Å². The number of primary amides is 2. The van der Waals surface area contributed by atoms with E-state index < -0.39 is 36.4 Å². The van der Waals surface area contributed by atoms with Gasteiger partial charge in [-0.1, -0.05) is 0 Å². The number of carboxylic acids is 1. The Bertz CT molecular complexity index is 345. The maximum absolute atomic E-state index is 11.2. The van der Waals surface area contributed by atoms with Crippen molar-refractivity contribution in [2.24, 2.45) is 11.5 Å². The number of carbonyl (C=O) groups is 4. The Labute approximate surface area is 102 Å². The molecule has 0 saturated heterocycles. The molecule has 0 saturated carbocycles. The Balaban J connectivity index is 3.99. The second-order valence-corrected chi connectivity index (χ2v) is 3.25. The lowest BCUT2D eigenvalue weighted by Crippen LogP contribution is -2.49. The number of hydrogen-bond donors (Lipinski definition) is 6. The molecule has 0 rings (SSSR count). The topological polar surface area (TPSA) is 177 Å². The third-order valence-corrected chi connectivity index (χ3v) is 1.72. The van der Waals surface area contributed by atoms with E-state index in [1.165, 1.54) is 0 Å². The van der Waals surface area contributed by atoms with Crippen LogP contribution >= 0.6 is 0 Å². The van der Waals surface area contributed by atoms with Gasteiger partial charge in [-0.25, -0.2) is 14.4 Å². The molecule has 0 aromatic rings. The number of carboxylic acid groups (broad SMARTS) is 1. The van der Waals surface area contributed by atoms with E-state index in [9.17, 15) is 19.2 Å². The molecule has 0 aromatic heterocycles. The SMILES string of the molecule is NC(=O)CC(NC(=O)NCCNC(N)=O)C(=O)O. The van der Waals surface area contributed by atoms with Crippen molar-refractivity contribution in [3.63, 3.8) is 0 Å². The van der Waals surface area contributed by atoms with E-state index in [1.54, 1.807) is 0 Å². The van der Waals surface area contributed by atoms with E-state index >= 15 is 0 Å². The Hall–Kier alpha value is -2.52. The summed E-state index contributed by atoms with van der Waals surface area (Å²) in [6.07, 6.45) is -0.512. The first-order chi connectivity index (χ1) is 8.32. The number of amides is 5. The van der Waals surface area contributed by atoms with Crippen LogP contribution in [0, 0.1) is 0 Å². The van der Waals surface area contributed by atoms with Gasteiger partial charge < -0.3 is 32.5 Å². The van der Waals surface area contributed by atoms with Crippen LogP contribution in [0.4, 0.5) is 9.59 Å². The second kappa shape index (κ2) is 7.70. The van der Waals surface area contributed by atoms with Gasteiger partial charge in [0.05, 0.1) is 6.42 Å². The highest BCUT2D eigenvalue weighted by molar-refractivity contribution is 5.87. The maximum Gasteiger partial charge on any atom is 0.326 e. The molecule has 0 aliphatic carbocycles. The van der Waals surface area contributed by atoms with Gasteiger partial charge in [0.1, 0.15) is 6.04 Å². The van der Waals surface area contributed by atoms with Crippen molar-refractivity contribution in [1.82, 2.24) is 16.0 Å². The molecule has 0 bridgehead atoms. The monoisotopic (exact) mass is 261 g/mol. The summed E-state index contributed by atoms with van der Waals surface area (Å²) in [4.78, 5) is 42.7. The lowest BCUT2D eigenvalue weighted by atomic mass is 10.2. The summed E-state index contributed by atoms with van der Waals surface area (Å²) in [5.41, 5.74) is 9.60. The van der Waals surface area contributed by atoms with E-state index in [0.29, 0.717) is 0 Å². The lowest BCUT2D eigenvalue weighted by Gasteiger charge is -2.13. The van der Waals surface area contributed by atoms with Crippen LogP contribution in [-0.4, -0.2) is 48.2 Å². The Morgan fingerprint density at radius 3 is 2.06 bits per heavy atom. The Kier molecular flexibility index (Phi) is 6.63. The van der Waals surface area contributed by atoms with Gasteiger partial charge in [-0.05, 0) is 0 Å². The molecular weight excluding hydrogens is 246 g/mol. The number of nitrogens with one attached hydrogen (secondary N) is 3. The minimum Gasteiger partial charge on any atom is -0.480 e. The Morgan fingerprint density at radius 2 is 1.61 bits per heavy atom. The fourth-order valence-electron chi connectivity index (χ4n) is 0.972. The van der Waals surface area contributed by atoms with Gasteiger partial charge in [-0.15, -0.1) is 0 Å². The van der Waals surface area contributed by atoms with Gasteiger partial charge in [-0.2, -0.15) is 0 Å². The predicted molar refractivity (Wildman–Crippen MR) is 59.4 cm³/mol. The third kappa shape index (κ3) is 7.73. The van der Waals surface area contributed by atoms with Crippen LogP contribution in [0.1, 0.15) is 6.42 Å². The van der Waals surface area contributed by atoms with Gasteiger partial charge >= 0.3 is 18.0 Å². The van der Waals surface area contributed by atoms with Crippen LogP contribution in [0.5, 0.6) is 0 Å². The molecule has 5 amide bonds. The summed E-state index contributed by atoms with van der Waals surface area (Å²) in [5.74, 6) is -2.22. The molecule has 0 aliphatic rings. The van der Waals surface area contributed by atoms with Crippen molar-refractivity contribution >= 4 is 23.9 Å². The van der Waals surface area contributed by atoms with Gasteiger partial charge in [0.25, 0.3) is 0 Å². The summed E-state index contributed by atoms with van der Waals surface area (Å²) in [5, 5.41) is 15.2. The van der Waals surface area contributed by atoms with Gasteiger partial charge in [0, 0.05) is 13.1 Å². The van der Waals surface area contributed by atoms with Crippen molar-refractivity contribution in [3.05, 3.63) is 0 Å². The molecule has 0 radical (unpaired) electrons. The molecule has 0 spiro atoms. The molecule has 1 unspecified atom stereocenters. The molecule has 0 aromatic carbocycles. The van der Waals surface area contributed by atoms with Crippen LogP contribution in [0.25, 0.3) is 0 Å². The highest BCUT2D eigenvalue weighted by atomic mass is 16.4. The molecule has 0 fully saturated rings. The number of rotatable bonds is 7. The minimum atomic E-state index is -1.40. The van der Waals surface area contributed by atoms with Crippen LogP contribution in [-0.2, 0) is 9.59 Å². The van der Waals surface area contributed by atoms with E-state index in [-0.39, 0.29) is 13.1 Å². The molecular formula is C8H15N5O5. The molecule has 18 heavy (non-hydrogen) atoms. The average Bonchev–Trinajstić information content (AvgIpc) is 2.22. The third-order valence-electron chi connectivity index (χ3n) is 1.72. The zero-order valence-electron chi connectivity index (χ0n) is 9.43. The largest absolute Gasteiger partial charge is 0.480 e. The van der Waals surface area contributed by atoms with Crippen molar-refractivity contribution < 1.29 is 24.3 Å². The van der Waals surface area contributed by atoms with Gasteiger partial charge in [0.2, 0.25) is 5.91 Å². The molecule has 102 valence electrons. The predicted octanol–water partition coefficient (Wildman–Crippen LogP) is -2.72. The second-order valence-electron chi connectivity index (χ2n) is 3.25. The summed E-state index contributed by atoms with van der Waals surface area (Å²) in [6.45, 7) is 0.147. The highest BCUT2D eigenvalue weighted by Crippen LogP contribution is 1.91. The number of urea groups is 2. The summed E-state index contributed by atoms with van der Waals surface area (Å²) in [7, 11) is 0. The molecule has 8 N–H and O–H groups in total. The smallest absolute Gasteiger partial charge is 0.326 e. The summed E-state index contributed by atoms with van der Waals surface area (Å²) >= 11 is 0. The van der Waals surface area contributed by atoms with Crippen molar-refractivity contribution in [1.29, 1.82) is 0 Å². The van der Waals surface area contributed by atoms with Gasteiger partial charge in [0.15, 0.2) is 0 Å². The van der Waals surface area contributed by atoms with Crippen molar-refractivity contribution in [2.75, 3.05) is 13.1 Å². The molecule has 0 aliphatic heterocycles. The van der Waals surface area contributed by atoms with Crippen LogP contribution in [0.3, 0.4) is 0 Å². The highest BCUT2D eigenvalue weighted by Gasteiger charge is 2.21. The zero-order chi connectivity index (χ0) is 14.1. The first-order valence-corrected chi connectivity index (χ1v) is 4.91. The van der Waals surface area contributed by atoms with Crippen LogP contribution in [0.2, 0.25) is 0 Å². The molecule has 10 heteroatoms. The van der Waals surface area contributed by atoms with E-state index in [1.807, 2.05) is 5.32 Å². The Morgan fingerprint density at radius 1 is 1.06 bits per heavy atom. The zero-order valence-corrected chi connectivity index (χ0v) is 9.43. The van der Waals surface area contributed by atoms with E-state index in [2.05, 4.69) is 10.6 Å². The van der Waals surface area contributed by atoms with Crippen molar-refractivity contribution in [2.45, 2.75) is 12.5 Å². The fraction of sp³-hybridized carbons (Fsp3) is 0.500. The first kappa shape index (κ1) is 15.5. The number of carbonyl (C=O) groups excluding carboxylic acids is 3. The minimum absolute atomic E-state index is 0.0533. The molecule has 10 nitrogen and oxygen atoms in total. The summed E-state index contributed by atoms with van der Waals surface area (Å²) < 4.78 is 0. The fourth-order valence-corrected chi connectivity index (χ4v) is 0.972. The first-order valence-electron chi connectivity index (χ1n) is 4.91. The number of hydrogen-bond acceptors (Lipinski definition) is 4. The van der Waals surface area contributed by atoms with Gasteiger partial charge in [-0.3, -0.25) is 4.79 Å². The van der Waals surface area contributed by atoms with E-state index in [0.717, 1.165) is 0 Å². The lowest BCUT2D eigenvalue weighted by molar-refractivity contribution is -0.140. The number of nitrogens with two attached hydrogens (primary N) is 2. The quantitative estimate of drug-likeness (QED) is 0.272. The molecule has 1 atom stereocenters.